The van der Waals surface area contributed by atoms with Crippen LogP contribution >= 0.6 is 15.9 Å². The number of hydrogen-bond donors (Lipinski definition) is 1. The van der Waals surface area contributed by atoms with E-state index in [2.05, 4.69) is 42.0 Å². The summed E-state index contributed by atoms with van der Waals surface area (Å²) in [7, 11) is 0. The monoisotopic (exact) mass is 564 g/mol. The van der Waals surface area contributed by atoms with Crippen LogP contribution in [0.4, 0.5) is 0 Å². The average Bonchev–Trinajstić information content (AvgIpc) is 2.91. The molecule has 3 rings (SSSR count). The third-order valence-corrected chi connectivity index (χ3v) is 6.79. The Labute approximate surface area is 229 Å². The standard InChI is InChI=1S/C31H37BrN2O3/c1-4-5-19-33-31(36)28(20-24-11-7-6-8-12-24)34(21-25-15-17-26(32)18-16-25)30(35)22-37-29-14-10-9-13-27(29)23(2)3/h6-18,23,28H,4-5,19-22H2,1-3H3,(H,33,36)/t28-/m0/s1. The highest BCUT2D eigenvalue weighted by atomic mass is 79.9. The molecule has 0 spiro atoms. The fourth-order valence-electron chi connectivity index (χ4n) is 4.16. The molecule has 0 radical (unpaired) electrons. The van der Waals surface area contributed by atoms with Gasteiger partial charge in [0, 0.05) is 24.0 Å². The van der Waals surface area contributed by atoms with Gasteiger partial charge < -0.3 is 15.0 Å². The van der Waals surface area contributed by atoms with Crippen molar-refractivity contribution in [3.8, 4) is 5.75 Å². The molecule has 5 nitrogen and oxygen atoms in total. The molecule has 37 heavy (non-hydrogen) atoms. The van der Waals surface area contributed by atoms with E-state index in [1.54, 1.807) is 4.90 Å². The molecule has 3 aromatic carbocycles. The van der Waals surface area contributed by atoms with Crippen LogP contribution in [0.5, 0.6) is 5.75 Å². The molecule has 2 amide bonds. The van der Waals surface area contributed by atoms with Crippen LogP contribution in [-0.2, 0) is 22.6 Å². The van der Waals surface area contributed by atoms with E-state index in [1.165, 1.54) is 0 Å². The summed E-state index contributed by atoms with van der Waals surface area (Å²) in [6, 6.07) is 24.8. The molecule has 3 aromatic rings. The highest BCUT2D eigenvalue weighted by molar-refractivity contribution is 9.10. The third kappa shape index (κ3) is 8.74. The van der Waals surface area contributed by atoms with Crippen LogP contribution in [0, 0.1) is 0 Å². The predicted molar refractivity (Wildman–Crippen MR) is 153 cm³/mol. The highest BCUT2D eigenvalue weighted by Gasteiger charge is 2.30. The smallest absolute Gasteiger partial charge is 0.261 e. The summed E-state index contributed by atoms with van der Waals surface area (Å²) in [4.78, 5) is 28.9. The van der Waals surface area contributed by atoms with Crippen molar-refractivity contribution in [1.82, 2.24) is 10.2 Å². The second-order valence-electron chi connectivity index (χ2n) is 9.48. The van der Waals surface area contributed by atoms with Crippen molar-refractivity contribution >= 4 is 27.7 Å². The van der Waals surface area contributed by atoms with Crippen molar-refractivity contribution in [2.45, 2.75) is 58.5 Å². The molecular formula is C31H37BrN2O3. The first-order chi connectivity index (χ1) is 17.9. The van der Waals surface area contributed by atoms with Crippen molar-refractivity contribution in [3.05, 3.63) is 100 Å². The maximum absolute atomic E-state index is 13.7. The molecule has 0 bridgehead atoms. The fraction of sp³-hybridized carbons (Fsp3) is 0.355. The number of ether oxygens (including phenoxy) is 1. The van der Waals surface area contributed by atoms with Gasteiger partial charge in [-0.3, -0.25) is 9.59 Å². The summed E-state index contributed by atoms with van der Waals surface area (Å²) in [6.45, 7) is 7.02. The molecule has 0 aliphatic rings. The molecular weight excluding hydrogens is 528 g/mol. The van der Waals surface area contributed by atoms with Gasteiger partial charge in [0.1, 0.15) is 11.8 Å². The lowest BCUT2D eigenvalue weighted by molar-refractivity contribution is -0.142. The number of carbonyl (C=O) groups is 2. The summed E-state index contributed by atoms with van der Waals surface area (Å²) < 4.78 is 7.01. The Bertz CT molecular complexity index is 1130. The van der Waals surface area contributed by atoms with Crippen molar-refractivity contribution in [1.29, 1.82) is 0 Å². The van der Waals surface area contributed by atoms with Gasteiger partial charge in [0.05, 0.1) is 0 Å². The number of carbonyl (C=O) groups excluding carboxylic acids is 2. The van der Waals surface area contributed by atoms with E-state index in [0.29, 0.717) is 25.3 Å². The first kappa shape index (κ1) is 28.5. The topological polar surface area (TPSA) is 58.6 Å². The van der Waals surface area contributed by atoms with Crippen molar-refractivity contribution < 1.29 is 14.3 Å². The Hall–Kier alpha value is -3.12. The number of unbranched alkanes of at least 4 members (excludes halogenated alkanes) is 1. The van der Waals surface area contributed by atoms with Crippen LogP contribution in [0.15, 0.2) is 83.3 Å². The zero-order valence-electron chi connectivity index (χ0n) is 22.0. The van der Waals surface area contributed by atoms with Gasteiger partial charge >= 0.3 is 0 Å². The number of rotatable bonds is 13. The van der Waals surface area contributed by atoms with Crippen LogP contribution in [0.1, 0.15) is 56.2 Å². The summed E-state index contributed by atoms with van der Waals surface area (Å²) in [5, 5.41) is 3.05. The van der Waals surface area contributed by atoms with Crippen LogP contribution in [0.3, 0.4) is 0 Å². The lowest BCUT2D eigenvalue weighted by Gasteiger charge is -2.31. The predicted octanol–water partition coefficient (Wildman–Crippen LogP) is 6.51. The molecule has 196 valence electrons. The number of nitrogens with one attached hydrogen (secondary N) is 1. The normalized spacial score (nSPS) is 11.7. The maximum Gasteiger partial charge on any atom is 0.261 e. The lowest BCUT2D eigenvalue weighted by atomic mass is 10.0. The summed E-state index contributed by atoms with van der Waals surface area (Å²) in [6.07, 6.45) is 2.29. The second kappa shape index (κ2) is 14.6. The van der Waals surface area contributed by atoms with E-state index < -0.39 is 6.04 Å². The highest BCUT2D eigenvalue weighted by Crippen LogP contribution is 2.26. The van der Waals surface area contributed by atoms with Crippen LogP contribution in [0.25, 0.3) is 0 Å². The lowest BCUT2D eigenvalue weighted by Crippen LogP contribution is -2.51. The Morgan fingerprint density at radius 2 is 1.59 bits per heavy atom. The van der Waals surface area contributed by atoms with E-state index in [-0.39, 0.29) is 24.3 Å². The molecule has 0 fully saturated rings. The Morgan fingerprint density at radius 3 is 2.27 bits per heavy atom. The SMILES string of the molecule is CCCCNC(=O)[C@H](Cc1ccccc1)N(Cc1ccc(Br)cc1)C(=O)COc1ccccc1C(C)C. The molecule has 0 aliphatic heterocycles. The molecule has 1 atom stereocenters. The summed E-state index contributed by atoms with van der Waals surface area (Å²) in [5.74, 6) is 0.584. The van der Waals surface area contributed by atoms with E-state index >= 15 is 0 Å². The maximum atomic E-state index is 13.7. The number of nitrogens with zero attached hydrogens (tertiary/aromatic N) is 1. The Kier molecular flexibility index (Phi) is 11.2. The van der Waals surface area contributed by atoms with Gasteiger partial charge in [0.15, 0.2) is 6.61 Å². The third-order valence-electron chi connectivity index (χ3n) is 6.26. The van der Waals surface area contributed by atoms with Crippen molar-refractivity contribution in [3.63, 3.8) is 0 Å². The van der Waals surface area contributed by atoms with E-state index in [1.807, 2.05) is 78.9 Å². The van der Waals surface area contributed by atoms with E-state index in [4.69, 9.17) is 4.74 Å². The molecule has 1 N–H and O–H groups in total. The molecule has 0 heterocycles. The van der Waals surface area contributed by atoms with Crippen molar-refractivity contribution in [2.24, 2.45) is 0 Å². The zero-order valence-corrected chi connectivity index (χ0v) is 23.5. The minimum absolute atomic E-state index is 0.145. The molecule has 0 aliphatic carbocycles. The largest absolute Gasteiger partial charge is 0.483 e. The van der Waals surface area contributed by atoms with Gasteiger partial charge in [0.2, 0.25) is 5.91 Å². The van der Waals surface area contributed by atoms with Gasteiger partial charge in [-0.25, -0.2) is 0 Å². The number of benzene rings is 3. The van der Waals surface area contributed by atoms with Crippen LogP contribution < -0.4 is 10.1 Å². The van der Waals surface area contributed by atoms with Gasteiger partial charge in [-0.15, -0.1) is 0 Å². The number of halogens is 1. The zero-order chi connectivity index (χ0) is 26.6. The van der Waals surface area contributed by atoms with Crippen molar-refractivity contribution in [2.75, 3.05) is 13.2 Å². The minimum atomic E-state index is -0.667. The number of amides is 2. The molecule has 0 aromatic heterocycles. The molecule has 0 unspecified atom stereocenters. The van der Waals surface area contributed by atoms with E-state index in [9.17, 15) is 9.59 Å². The number of hydrogen-bond acceptors (Lipinski definition) is 3. The number of para-hydroxylation sites is 1. The van der Waals surface area contributed by atoms with Gasteiger partial charge in [-0.1, -0.05) is 104 Å². The first-order valence-electron chi connectivity index (χ1n) is 13.0. The summed E-state index contributed by atoms with van der Waals surface area (Å²) in [5.41, 5.74) is 2.99. The Balaban J connectivity index is 1.90. The van der Waals surface area contributed by atoms with Crippen LogP contribution in [-0.4, -0.2) is 35.9 Å². The quantitative estimate of drug-likeness (QED) is 0.241. The fourth-order valence-corrected chi connectivity index (χ4v) is 4.42. The van der Waals surface area contributed by atoms with Gasteiger partial charge in [0.25, 0.3) is 5.91 Å². The van der Waals surface area contributed by atoms with Gasteiger partial charge in [-0.05, 0) is 47.2 Å². The van der Waals surface area contributed by atoms with E-state index in [0.717, 1.165) is 34.0 Å². The van der Waals surface area contributed by atoms with Gasteiger partial charge in [-0.2, -0.15) is 0 Å². The first-order valence-corrected chi connectivity index (χ1v) is 13.8. The minimum Gasteiger partial charge on any atom is -0.483 e. The Morgan fingerprint density at radius 1 is 0.919 bits per heavy atom. The molecule has 0 saturated heterocycles. The molecule has 6 heteroatoms. The van der Waals surface area contributed by atoms with Crippen LogP contribution in [0.2, 0.25) is 0 Å². The molecule has 0 saturated carbocycles. The average molecular weight is 566 g/mol. The second-order valence-corrected chi connectivity index (χ2v) is 10.4. The summed E-state index contributed by atoms with van der Waals surface area (Å²) >= 11 is 3.48.